The number of hydrogen-bond donors (Lipinski definition) is 2. The highest BCUT2D eigenvalue weighted by Gasteiger charge is 2.13. The molecule has 0 atom stereocenters. The Bertz CT molecular complexity index is 865. The molecule has 1 aliphatic heterocycles. The maximum atomic E-state index is 5.33. The summed E-state index contributed by atoms with van der Waals surface area (Å²) in [6.07, 6.45) is 3.97. The average Bonchev–Trinajstić information content (AvgIpc) is 3.09. The minimum atomic E-state index is 0.806. The molecule has 0 aliphatic carbocycles. The minimum absolute atomic E-state index is 0.806. The zero-order valence-corrected chi connectivity index (χ0v) is 12.0. The van der Waals surface area contributed by atoms with E-state index in [9.17, 15) is 0 Å². The lowest BCUT2D eigenvalue weighted by atomic mass is 10.1. The van der Waals surface area contributed by atoms with Crippen LogP contribution in [0.4, 0.5) is 0 Å². The maximum absolute atomic E-state index is 5.33. The Morgan fingerprint density at radius 2 is 2.05 bits per heavy atom. The third-order valence-electron chi connectivity index (χ3n) is 3.89. The second-order valence-electron chi connectivity index (χ2n) is 5.25. The third kappa shape index (κ3) is 1.94. The van der Waals surface area contributed by atoms with Crippen LogP contribution < -0.4 is 10.2 Å². The van der Waals surface area contributed by atoms with Gasteiger partial charge < -0.3 is 14.7 Å². The molecule has 0 saturated heterocycles. The molecule has 1 aliphatic rings. The number of aromatic nitrogens is 2. The first-order valence-corrected chi connectivity index (χ1v) is 6.87. The van der Waals surface area contributed by atoms with E-state index in [4.69, 9.17) is 4.74 Å². The van der Waals surface area contributed by atoms with Crippen LogP contribution in [-0.4, -0.2) is 35.7 Å². The smallest absolute Gasteiger partial charge is 0.119 e. The van der Waals surface area contributed by atoms with Crippen molar-refractivity contribution in [1.29, 1.82) is 0 Å². The van der Waals surface area contributed by atoms with Gasteiger partial charge in [-0.05, 0) is 24.3 Å². The molecule has 0 fully saturated rings. The fourth-order valence-electron chi connectivity index (χ4n) is 2.77. The Balaban J connectivity index is 1.93. The van der Waals surface area contributed by atoms with Gasteiger partial charge in [-0.3, -0.25) is 4.98 Å². The molecular weight excluding hydrogens is 264 g/mol. The standard InChI is InChI=1S/C16H16N4O/c1-20-9-10(7-18-20)15-6-13-12-5-11(21-2)3-4-14(12)19-16(13)8-17-15/h3-6,8-9,18-19H,7H2,1-2H3. The summed E-state index contributed by atoms with van der Waals surface area (Å²) in [6, 6.07) is 8.20. The van der Waals surface area contributed by atoms with Gasteiger partial charge in [-0.2, -0.15) is 0 Å². The van der Waals surface area contributed by atoms with Crippen LogP contribution in [-0.2, 0) is 0 Å². The lowest BCUT2D eigenvalue weighted by molar-refractivity contribution is 0.374. The van der Waals surface area contributed by atoms with Gasteiger partial charge in [-0.1, -0.05) is 0 Å². The highest BCUT2D eigenvalue weighted by molar-refractivity contribution is 6.08. The first kappa shape index (κ1) is 12.2. The predicted molar refractivity (Wildman–Crippen MR) is 83.9 cm³/mol. The number of hydrogen-bond acceptors (Lipinski definition) is 4. The Labute approximate surface area is 122 Å². The van der Waals surface area contributed by atoms with Crippen molar-refractivity contribution in [1.82, 2.24) is 20.4 Å². The number of aromatic amines is 1. The van der Waals surface area contributed by atoms with E-state index in [1.165, 1.54) is 11.0 Å². The number of ether oxygens (including phenoxy) is 1. The molecule has 0 spiro atoms. The summed E-state index contributed by atoms with van der Waals surface area (Å²) >= 11 is 0. The van der Waals surface area contributed by atoms with Gasteiger partial charge in [0.2, 0.25) is 0 Å². The van der Waals surface area contributed by atoms with E-state index in [2.05, 4.69) is 33.7 Å². The van der Waals surface area contributed by atoms with Crippen LogP contribution in [0.5, 0.6) is 5.75 Å². The summed E-state index contributed by atoms with van der Waals surface area (Å²) < 4.78 is 5.33. The number of methoxy groups -OCH3 is 1. The Morgan fingerprint density at radius 1 is 1.19 bits per heavy atom. The SMILES string of the molecule is COc1ccc2[nH]c3cnc(C4=CN(C)NC4)cc3c2c1. The van der Waals surface area contributed by atoms with Crippen LogP contribution in [0.1, 0.15) is 5.69 Å². The number of rotatable bonds is 2. The monoisotopic (exact) mass is 280 g/mol. The van der Waals surface area contributed by atoms with E-state index < -0.39 is 0 Å². The number of nitrogens with zero attached hydrogens (tertiary/aromatic N) is 2. The summed E-state index contributed by atoms with van der Waals surface area (Å²) in [4.78, 5) is 7.96. The van der Waals surface area contributed by atoms with Crippen molar-refractivity contribution >= 4 is 27.4 Å². The van der Waals surface area contributed by atoms with Crippen molar-refractivity contribution in [2.45, 2.75) is 0 Å². The molecule has 0 radical (unpaired) electrons. The zero-order chi connectivity index (χ0) is 14.4. The van der Waals surface area contributed by atoms with Crippen LogP contribution in [0.25, 0.3) is 27.4 Å². The molecular formula is C16H16N4O. The largest absolute Gasteiger partial charge is 0.497 e. The fourth-order valence-corrected chi connectivity index (χ4v) is 2.77. The van der Waals surface area contributed by atoms with E-state index in [1.807, 2.05) is 30.4 Å². The Hall–Kier alpha value is -2.53. The Kier molecular flexibility index (Phi) is 2.62. The van der Waals surface area contributed by atoms with E-state index in [-0.39, 0.29) is 0 Å². The molecule has 2 N–H and O–H groups in total. The van der Waals surface area contributed by atoms with Crippen LogP contribution in [0.3, 0.4) is 0 Å². The molecule has 106 valence electrons. The zero-order valence-electron chi connectivity index (χ0n) is 12.0. The number of fused-ring (bicyclic) bond motifs is 3. The summed E-state index contributed by atoms with van der Waals surface area (Å²) in [5, 5.41) is 4.29. The van der Waals surface area contributed by atoms with E-state index in [1.54, 1.807) is 7.11 Å². The molecule has 4 rings (SSSR count). The van der Waals surface area contributed by atoms with Gasteiger partial charge in [0.15, 0.2) is 0 Å². The van der Waals surface area contributed by atoms with Crippen LogP contribution in [0.2, 0.25) is 0 Å². The van der Waals surface area contributed by atoms with Crippen molar-refractivity contribution in [3.63, 3.8) is 0 Å². The molecule has 1 aromatic carbocycles. The van der Waals surface area contributed by atoms with Crippen molar-refractivity contribution in [2.24, 2.45) is 0 Å². The number of hydrazine groups is 1. The van der Waals surface area contributed by atoms with Crippen LogP contribution >= 0.6 is 0 Å². The number of pyridine rings is 1. The molecule has 0 bridgehead atoms. The maximum Gasteiger partial charge on any atom is 0.119 e. The first-order valence-electron chi connectivity index (χ1n) is 6.87. The summed E-state index contributed by atoms with van der Waals surface area (Å²) in [5.41, 5.74) is 7.57. The van der Waals surface area contributed by atoms with Gasteiger partial charge in [0, 0.05) is 41.7 Å². The van der Waals surface area contributed by atoms with Gasteiger partial charge in [0.1, 0.15) is 5.75 Å². The summed E-state index contributed by atoms with van der Waals surface area (Å²) in [6.45, 7) is 0.806. The molecule has 0 unspecified atom stereocenters. The average molecular weight is 280 g/mol. The van der Waals surface area contributed by atoms with Crippen molar-refractivity contribution in [3.05, 3.63) is 42.4 Å². The van der Waals surface area contributed by atoms with Crippen molar-refractivity contribution in [2.75, 3.05) is 20.7 Å². The summed E-state index contributed by atoms with van der Waals surface area (Å²) in [7, 11) is 3.68. The molecule has 0 amide bonds. The minimum Gasteiger partial charge on any atom is -0.497 e. The van der Waals surface area contributed by atoms with Crippen LogP contribution in [0, 0.1) is 0 Å². The van der Waals surface area contributed by atoms with E-state index in [0.29, 0.717) is 0 Å². The second-order valence-corrected chi connectivity index (χ2v) is 5.25. The van der Waals surface area contributed by atoms with Gasteiger partial charge in [-0.15, -0.1) is 0 Å². The molecule has 2 aromatic heterocycles. The lowest BCUT2D eigenvalue weighted by Gasteiger charge is -2.04. The normalized spacial score (nSPS) is 15.0. The summed E-state index contributed by atoms with van der Waals surface area (Å²) in [5.74, 6) is 0.864. The molecule has 21 heavy (non-hydrogen) atoms. The van der Waals surface area contributed by atoms with Crippen molar-refractivity contribution in [3.8, 4) is 5.75 Å². The fraction of sp³-hybridized carbons (Fsp3) is 0.188. The molecule has 5 heteroatoms. The van der Waals surface area contributed by atoms with Crippen molar-refractivity contribution < 1.29 is 4.74 Å². The highest BCUT2D eigenvalue weighted by Crippen LogP contribution is 2.30. The van der Waals surface area contributed by atoms with E-state index >= 15 is 0 Å². The predicted octanol–water partition coefficient (Wildman–Crippen LogP) is 2.52. The second kappa shape index (κ2) is 4.49. The quantitative estimate of drug-likeness (QED) is 0.757. The first-order chi connectivity index (χ1) is 10.2. The topological polar surface area (TPSA) is 53.2 Å². The van der Waals surface area contributed by atoms with Gasteiger partial charge in [0.25, 0.3) is 0 Å². The number of benzene rings is 1. The molecule has 3 heterocycles. The number of H-pyrrole nitrogens is 1. The van der Waals surface area contributed by atoms with Crippen LogP contribution in [0.15, 0.2) is 36.7 Å². The molecule has 5 nitrogen and oxygen atoms in total. The lowest BCUT2D eigenvalue weighted by Crippen LogP contribution is -2.23. The van der Waals surface area contributed by atoms with Gasteiger partial charge in [0.05, 0.1) is 24.5 Å². The molecule has 0 saturated carbocycles. The van der Waals surface area contributed by atoms with Gasteiger partial charge >= 0.3 is 0 Å². The molecule has 3 aromatic rings. The highest BCUT2D eigenvalue weighted by atomic mass is 16.5. The third-order valence-corrected chi connectivity index (χ3v) is 3.89. The number of nitrogens with one attached hydrogen (secondary N) is 2. The van der Waals surface area contributed by atoms with E-state index in [0.717, 1.165) is 34.4 Å². The Morgan fingerprint density at radius 3 is 2.81 bits per heavy atom. The van der Waals surface area contributed by atoms with Gasteiger partial charge in [-0.25, -0.2) is 5.43 Å².